The van der Waals surface area contributed by atoms with Crippen molar-refractivity contribution in [2.24, 2.45) is 0 Å². The second kappa shape index (κ2) is 13.7. The normalized spacial score (nSPS) is 12.1. The number of fused-ring (bicyclic) bond motifs is 8. The zero-order valence-corrected chi connectivity index (χ0v) is 30.6. The Morgan fingerprint density at radius 1 is 0.547 bits per heavy atom. The Morgan fingerprint density at radius 3 is 2.08 bits per heavy atom. The molecule has 3 aromatic heterocycles. The molecule has 1 radical (unpaired) electrons. The first kappa shape index (κ1) is 32.6. The minimum Gasteiger partial charge on any atom is -0.497 e. The summed E-state index contributed by atoms with van der Waals surface area (Å²) in [6.45, 7) is 0.0190. The molecule has 0 saturated heterocycles. The van der Waals surface area contributed by atoms with Crippen molar-refractivity contribution < 1.29 is 29.3 Å². The van der Waals surface area contributed by atoms with Gasteiger partial charge < -0.3 is 24.0 Å². The van der Waals surface area contributed by atoms with Crippen LogP contribution < -0.4 is 26.0 Å². The number of furan rings is 1. The van der Waals surface area contributed by atoms with Crippen LogP contribution in [0.4, 0.5) is 17.1 Å². The first-order chi connectivity index (χ1) is 25.8. The van der Waals surface area contributed by atoms with Crippen LogP contribution in [0.1, 0.15) is 0 Å². The summed E-state index contributed by atoms with van der Waals surface area (Å²) in [5.41, 5.74) is 12.2. The quantitative estimate of drug-likeness (QED) is 0.131. The van der Waals surface area contributed by atoms with E-state index in [0.29, 0.717) is 0 Å². The summed E-state index contributed by atoms with van der Waals surface area (Å²) in [6.07, 6.45) is 3.58. The number of pyridine rings is 2. The van der Waals surface area contributed by atoms with E-state index in [1.54, 1.807) is 12.4 Å². The van der Waals surface area contributed by atoms with Crippen molar-refractivity contribution in [2.45, 2.75) is 0 Å². The second-order valence-corrected chi connectivity index (χ2v) is 12.7. The third kappa shape index (κ3) is 5.53. The fraction of sp³-hybridized carbons (Fsp3) is 0. The molecule has 0 bridgehead atoms. The van der Waals surface area contributed by atoms with Crippen molar-refractivity contribution in [3.05, 3.63) is 182 Å². The minimum atomic E-state index is 0. The van der Waals surface area contributed by atoms with E-state index in [2.05, 4.69) is 118 Å². The zero-order valence-electron chi connectivity index (χ0n) is 28.2. The summed E-state index contributed by atoms with van der Waals surface area (Å²) in [7, 11) is 0. The van der Waals surface area contributed by atoms with Gasteiger partial charge >= 0.3 is 0 Å². The number of hydrogen-bond donors (Lipinski definition) is 0. The third-order valence-electron chi connectivity index (χ3n) is 9.76. The largest absolute Gasteiger partial charge is 0.497 e. The number of benzene rings is 6. The maximum atomic E-state index is 6.77. The Balaban J connectivity index is 0.000000245. The van der Waals surface area contributed by atoms with E-state index in [9.17, 15) is 0 Å². The standard InChI is InChI=1S/C35H20BN2O2.C11H8N.Ir/c1-2-10-22(11-3-1)38-29-16-5-4-14-26(29)36-27-20-19-24-23-12-8-13-25(28-15-6-7-21-37-28)33(23)40-34(24)35(27)39-31-18-9-17-30(38)32(31)36;1-2-6-10(7-3-1)11-8-4-5-9-12-11;/h1-12,14-21H;1-6,8-9H;/q2*-1;. The van der Waals surface area contributed by atoms with Crippen LogP contribution in [0.25, 0.3) is 44.5 Å². The average Bonchev–Trinajstić information content (AvgIpc) is 3.62. The van der Waals surface area contributed by atoms with Crippen LogP contribution in [0.3, 0.4) is 0 Å². The Hall–Kier alpha value is -6.27. The first-order valence-electron chi connectivity index (χ1n) is 17.3. The van der Waals surface area contributed by atoms with Crippen molar-refractivity contribution >= 4 is 62.1 Å². The molecule has 53 heavy (non-hydrogen) atoms. The minimum absolute atomic E-state index is 0. The van der Waals surface area contributed by atoms with Crippen LogP contribution in [-0.2, 0) is 20.1 Å². The maximum absolute atomic E-state index is 6.77. The van der Waals surface area contributed by atoms with Gasteiger partial charge in [-0.1, -0.05) is 89.8 Å². The molecule has 5 heterocycles. The molecular formula is C46H28BIrN3O2-2. The molecule has 9 aromatic rings. The van der Waals surface area contributed by atoms with Gasteiger partial charge in [-0.3, -0.25) is 0 Å². The van der Waals surface area contributed by atoms with Crippen LogP contribution in [0, 0.1) is 12.1 Å². The molecule has 6 aromatic carbocycles. The number of nitrogens with zero attached hydrogens (tertiary/aromatic N) is 3. The van der Waals surface area contributed by atoms with Gasteiger partial charge in [-0.05, 0) is 70.2 Å². The van der Waals surface area contributed by atoms with E-state index in [1.807, 2.05) is 66.7 Å². The van der Waals surface area contributed by atoms with Crippen molar-refractivity contribution in [1.82, 2.24) is 9.97 Å². The molecule has 0 unspecified atom stereocenters. The maximum Gasteiger partial charge on any atom is 0.256 e. The van der Waals surface area contributed by atoms with Crippen LogP contribution in [0.2, 0.25) is 0 Å². The molecule has 0 amide bonds. The fourth-order valence-electron chi connectivity index (χ4n) is 7.52. The summed E-state index contributed by atoms with van der Waals surface area (Å²) in [5, 5.41) is 2.05. The second-order valence-electron chi connectivity index (χ2n) is 12.7. The van der Waals surface area contributed by atoms with E-state index >= 15 is 0 Å². The van der Waals surface area contributed by atoms with E-state index in [4.69, 9.17) is 9.15 Å². The molecule has 0 atom stereocenters. The van der Waals surface area contributed by atoms with Gasteiger partial charge in [0.1, 0.15) is 5.75 Å². The van der Waals surface area contributed by atoms with Gasteiger partial charge in [-0.15, -0.1) is 54.1 Å². The van der Waals surface area contributed by atoms with Gasteiger partial charge in [0, 0.05) is 54.9 Å². The molecule has 0 aliphatic carbocycles. The summed E-state index contributed by atoms with van der Waals surface area (Å²) in [4.78, 5) is 11.1. The number of ether oxygens (including phenoxy) is 1. The average molecular weight is 858 g/mol. The van der Waals surface area contributed by atoms with E-state index in [1.165, 1.54) is 16.6 Å². The zero-order chi connectivity index (χ0) is 34.4. The van der Waals surface area contributed by atoms with E-state index < -0.39 is 0 Å². The Morgan fingerprint density at radius 2 is 1.28 bits per heavy atom. The SMILES string of the molecule is [Ir].[c-]1ccc2c(oc3c4c(ccc32)B2c3ccccc3N(c3ccccc3)c3cccc(c32)O4)c1-c1ccccn1.[c-]1ccccc1-c1ccccn1. The molecule has 0 saturated carbocycles. The van der Waals surface area contributed by atoms with E-state index in [-0.39, 0.29) is 26.8 Å². The Bertz CT molecular complexity index is 2690. The summed E-state index contributed by atoms with van der Waals surface area (Å²) < 4.78 is 13.4. The Kier molecular flexibility index (Phi) is 8.43. The predicted molar refractivity (Wildman–Crippen MR) is 210 cm³/mol. The smallest absolute Gasteiger partial charge is 0.256 e. The molecule has 0 N–H and O–H groups in total. The van der Waals surface area contributed by atoms with Crippen molar-refractivity contribution in [3.63, 3.8) is 0 Å². The number of anilines is 3. The first-order valence-corrected chi connectivity index (χ1v) is 17.3. The van der Waals surface area contributed by atoms with Gasteiger partial charge in [0.05, 0.1) is 5.58 Å². The van der Waals surface area contributed by atoms with Gasteiger partial charge in [0.15, 0.2) is 11.3 Å². The molecule has 11 rings (SSSR count). The summed E-state index contributed by atoms with van der Waals surface area (Å²) in [5.74, 6) is 1.63. The van der Waals surface area contributed by atoms with Gasteiger partial charge in [0.25, 0.3) is 6.71 Å². The van der Waals surface area contributed by atoms with Crippen molar-refractivity contribution in [3.8, 4) is 34.0 Å². The number of aromatic nitrogens is 2. The van der Waals surface area contributed by atoms with Crippen molar-refractivity contribution in [1.29, 1.82) is 0 Å². The van der Waals surface area contributed by atoms with Gasteiger partial charge in [-0.25, -0.2) is 0 Å². The molecule has 7 heteroatoms. The number of hydrogen-bond acceptors (Lipinski definition) is 5. The van der Waals surface area contributed by atoms with Crippen LogP contribution >= 0.6 is 0 Å². The number of rotatable bonds is 3. The molecule has 0 fully saturated rings. The van der Waals surface area contributed by atoms with Crippen LogP contribution in [-0.4, -0.2) is 16.7 Å². The molecule has 253 valence electrons. The summed E-state index contributed by atoms with van der Waals surface area (Å²) in [6, 6.07) is 60.0. The molecule has 2 aliphatic heterocycles. The van der Waals surface area contributed by atoms with Crippen molar-refractivity contribution in [2.75, 3.05) is 4.90 Å². The predicted octanol–water partition coefficient (Wildman–Crippen LogP) is 9.40. The van der Waals surface area contributed by atoms with E-state index in [0.717, 1.165) is 72.8 Å². The third-order valence-corrected chi connectivity index (χ3v) is 9.76. The van der Waals surface area contributed by atoms with Gasteiger partial charge in [-0.2, -0.15) is 0 Å². The van der Waals surface area contributed by atoms with Crippen LogP contribution in [0.5, 0.6) is 11.5 Å². The fourth-order valence-corrected chi connectivity index (χ4v) is 7.52. The topological polar surface area (TPSA) is 51.4 Å². The van der Waals surface area contributed by atoms with Crippen LogP contribution in [0.15, 0.2) is 175 Å². The number of para-hydroxylation sites is 2. The molecule has 2 aliphatic rings. The molecule has 0 spiro atoms. The van der Waals surface area contributed by atoms with Gasteiger partial charge in [0.2, 0.25) is 0 Å². The summed E-state index contributed by atoms with van der Waals surface area (Å²) >= 11 is 0. The molecule has 5 nitrogen and oxygen atoms in total. The monoisotopic (exact) mass is 858 g/mol. The molecular weight excluding hydrogens is 830 g/mol. The Labute approximate surface area is 321 Å².